The van der Waals surface area contributed by atoms with Crippen molar-refractivity contribution in [1.29, 1.82) is 0 Å². The number of pyridine rings is 2. The van der Waals surface area contributed by atoms with E-state index in [1.54, 1.807) is 49.2 Å². The van der Waals surface area contributed by atoms with Crippen LogP contribution in [-0.2, 0) is 0 Å². The summed E-state index contributed by atoms with van der Waals surface area (Å²) in [7, 11) is 0. The Morgan fingerprint density at radius 3 is 2.44 bits per heavy atom. The number of rotatable bonds is 4. The van der Waals surface area contributed by atoms with Crippen molar-refractivity contribution in [3.63, 3.8) is 0 Å². The Balaban J connectivity index is 1.67. The SMILES string of the molecule is O=C(Nc1cccc2c(-n3ccnc3)c(-c3ccccn3)cnc12)c1c(Cl)cccc1Cl. The molecule has 1 N–H and O–H groups in total. The van der Waals surface area contributed by atoms with Gasteiger partial charge in [-0.25, -0.2) is 4.98 Å². The zero-order valence-electron chi connectivity index (χ0n) is 16.5. The topological polar surface area (TPSA) is 72.7 Å². The lowest BCUT2D eigenvalue weighted by Crippen LogP contribution is -2.14. The van der Waals surface area contributed by atoms with Crippen molar-refractivity contribution in [2.75, 3.05) is 5.32 Å². The van der Waals surface area contributed by atoms with Crippen LogP contribution >= 0.6 is 23.2 Å². The minimum Gasteiger partial charge on any atom is -0.320 e. The molecular formula is C24H15Cl2N5O. The smallest absolute Gasteiger partial charge is 0.258 e. The molecule has 6 nitrogen and oxygen atoms in total. The average Bonchev–Trinajstić information content (AvgIpc) is 3.33. The molecule has 0 saturated carbocycles. The summed E-state index contributed by atoms with van der Waals surface area (Å²) in [6, 6.07) is 16.2. The summed E-state index contributed by atoms with van der Waals surface area (Å²) >= 11 is 12.4. The maximum Gasteiger partial charge on any atom is 0.258 e. The lowest BCUT2D eigenvalue weighted by Gasteiger charge is -2.15. The normalized spacial score (nSPS) is 10.9. The van der Waals surface area contributed by atoms with Crippen LogP contribution in [0.5, 0.6) is 0 Å². The molecule has 0 bridgehead atoms. The lowest BCUT2D eigenvalue weighted by molar-refractivity contribution is 0.102. The summed E-state index contributed by atoms with van der Waals surface area (Å²) in [5, 5.41) is 4.29. The highest BCUT2D eigenvalue weighted by molar-refractivity contribution is 6.40. The molecule has 0 radical (unpaired) electrons. The third-order valence-electron chi connectivity index (χ3n) is 5.01. The molecule has 5 rings (SSSR count). The molecule has 5 aromatic rings. The second-order valence-corrected chi connectivity index (χ2v) is 7.77. The monoisotopic (exact) mass is 459 g/mol. The van der Waals surface area contributed by atoms with Crippen LogP contribution in [0.15, 0.2) is 85.7 Å². The van der Waals surface area contributed by atoms with E-state index in [1.807, 2.05) is 41.1 Å². The molecule has 0 saturated heterocycles. The van der Waals surface area contributed by atoms with E-state index in [0.717, 1.165) is 22.3 Å². The average molecular weight is 460 g/mol. The third-order valence-corrected chi connectivity index (χ3v) is 5.64. The fourth-order valence-corrected chi connectivity index (χ4v) is 4.16. The molecule has 0 unspecified atom stereocenters. The number of halogens is 2. The summed E-state index contributed by atoms with van der Waals surface area (Å²) in [6.45, 7) is 0. The summed E-state index contributed by atoms with van der Waals surface area (Å²) < 4.78 is 1.91. The van der Waals surface area contributed by atoms with Gasteiger partial charge in [0.2, 0.25) is 0 Å². The highest BCUT2D eigenvalue weighted by Crippen LogP contribution is 2.34. The highest BCUT2D eigenvalue weighted by atomic mass is 35.5. The zero-order chi connectivity index (χ0) is 22.1. The van der Waals surface area contributed by atoms with Crippen LogP contribution in [0.1, 0.15) is 10.4 Å². The van der Waals surface area contributed by atoms with Crippen molar-refractivity contribution in [1.82, 2.24) is 19.5 Å². The Morgan fingerprint density at radius 2 is 1.72 bits per heavy atom. The van der Waals surface area contributed by atoms with Gasteiger partial charge in [0.25, 0.3) is 5.91 Å². The number of imidazole rings is 1. The minimum atomic E-state index is -0.409. The number of benzene rings is 2. The zero-order valence-corrected chi connectivity index (χ0v) is 18.0. The van der Waals surface area contributed by atoms with Crippen LogP contribution in [0.2, 0.25) is 10.0 Å². The molecule has 3 aromatic heterocycles. The van der Waals surface area contributed by atoms with Gasteiger partial charge in [-0.15, -0.1) is 0 Å². The van der Waals surface area contributed by atoms with Gasteiger partial charge in [-0.3, -0.25) is 14.8 Å². The highest BCUT2D eigenvalue weighted by Gasteiger charge is 2.19. The number of hydrogen-bond donors (Lipinski definition) is 1. The number of nitrogens with one attached hydrogen (secondary N) is 1. The molecule has 8 heteroatoms. The molecule has 0 atom stereocenters. The van der Waals surface area contributed by atoms with Crippen LogP contribution in [0, 0.1) is 0 Å². The number of anilines is 1. The van der Waals surface area contributed by atoms with E-state index in [-0.39, 0.29) is 15.6 Å². The minimum absolute atomic E-state index is 0.216. The van der Waals surface area contributed by atoms with Gasteiger partial charge < -0.3 is 9.88 Å². The number of aromatic nitrogens is 4. The predicted molar refractivity (Wildman–Crippen MR) is 127 cm³/mol. The van der Waals surface area contributed by atoms with Crippen molar-refractivity contribution in [2.45, 2.75) is 0 Å². The fraction of sp³-hybridized carbons (Fsp3) is 0. The second-order valence-electron chi connectivity index (χ2n) is 6.96. The quantitative estimate of drug-likeness (QED) is 0.355. The molecule has 0 fully saturated rings. The summed E-state index contributed by atoms with van der Waals surface area (Å²) in [4.78, 5) is 26.3. The second kappa shape index (κ2) is 8.42. The first-order valence-corrected chi connectivity index (χ1v) is 10.5. The van der Waals surface area contributed by atoms with E-state index in [9.17, 15) is 4.79 Å². The molecule has 0 aliphatic carbocycles. The van der Waals surface area contributed by atoms with E-state index in [0.29, 0.717) is 11.2 Å². The van der Waals surface area contributed by atoms with Gasteiger partial charge in [-0.1, -0.05) is 47.5 Å². The van der Waals surface area contributed by atoms with Gasteiger partial charge in [0, 0.05) is 35.7 Å². The predicted octanol–water partition coefficient (Wildman–Crippen LogP) is 6.04. The van der Waals surface area contributed by atoms with E-state index < -0.39 is 5.91 Å². The lowest BCUT2D eigenvalue weighted by atomic mass is 10.0. The van der Waals surface area contributed by atoms with Gasteiger partial charge in [-0.05, 0) is 30.3 Å². The van der Waals surface area contributed by atoms with Crippen molar-refractivity contribution >= 4 is 45.7 Å². The van der Waals surface area contributed by atoms with E-state index in [1.165, 1.54) is 0 Å². The van der Waals surface area contributed by atoms with Crippen molar-refractivity contribution in [3.05, 3.63) is 101 Å². The van der Waals surface area contributed by atoms with E-state index in [2.05, 4.69) is 20.3 Å². The maximum atomic E-state index is 13.0. The molecule has 2 aromatic carbocycles. The van der Waals surface area contributed by atoms with Crippen molar-refractivity contribution in [2.24, 2.45) is 0 Å². The number of carbonyl (C=O) groups excluding carboxylic acids is 1. The largest absolute Gasteiger partial charge is 0.320 e. The third kappa shape index (κ3) is 3.60. The molecule has 156 valence electrons. The van der Waals surface area contributed by atoms with E-state index >= 15 is 0 Å². The molecule has 32 heavy (non-hydrogen) atoms. The van der Waals surface area contributed by atoms with Gasteiger partial charge in [0.15, 0.2) is 0 Å². The molecule has 0 spiro atoms. The number of hydrogen-bond acceptors (Lipinski definition) is 4. The Hall–Kier alpha value is -3.74. The Kier molecular flexibility index (Phi) is 5.31. The summed E-state index contributed by atoms with van der Waals surface area (Å²) in [5.41, 5.74) is 3.85. The number of amides is 1. The van der Waals surface area contributed by atoms with Crippen LogP contribution in [-0.4, -0.2) is 25.4 Å². The Morgan fingerprint density at radius 1 is 0.906 bits per heavy atom. The Labute approximate surface area is 193 Å². The molecular weight excluding hydrogens is 445 g/mol. The molecule has 1 amide bonds. The van der Waals surface area contributed by atoms with Crippen LogP contribution < -0.4 is 5.32 Å². The maximum absolute atomic E-state index is 13.0. The van der Waals surface area contributed by atoms with Crippen molar-refractivity contribution < 1.29 is 4.79 Å². The first-order chi connectivity index (χ1) is 15.6. The summed E-state index contributed by atoms with van der Waals surface area (Å²) in [5.74, 6) is -0.409. The molecule has 0 aliphatic rings. The van der Waals surface area contributed by atoms with Gasteiger partial charge in [-0.2, -0.15) is 0 Å². The number of carbonyl (C=O) groups is 1. The molecule has 0 aliphatic heterocycles. The standard InChI is InChI=1S/C24H15Cl2N5O/c25-17-6-4-7-18(26)21(17)24(32)30-20-9-3-5-15-22(20)29-13-16(19-8-1-2-10-28-19)23(15)31-12-11-27-14-31/h1-14H,(H,30,32). The van der Waals surface area contributed by atoms with Crippen LogP contribution in [0.3, 0.4) is 0 Å². The molecule has 3 heterocycles. The van der Waals surface area contributed by atoms with Gasteiger partial charge in [0.05, 0.1) is 44.5 Å². The van der Waals surface area contributed by atoms with Gasteiger partial charge >= 0.3 is 0 Å². The number of fused-ring (bicyclic) bond motifs is 1. The van der Waals surface area contributed by atoms with Gasteiger partial charge in [0.1, 0.15) is 0 Å². The first kappa shape index (κ1) is 20.2. The Bertz CT molecular complexity index is 1420. The first-order valence-electron chi connectivity index (χ1n) is 9.70. The van der Waals surface area contributed by atoms with E-state index in [4.69, 9.17) is 23.2 Å². The number of nitrogens with zero attached hydrogens (tertiary/aromatic N) is 4. The fourth-order valence-electron chi connectivity index (χ4n) is 3.59. The van der Waals surface area contributed by atoms with Crippen molar-refractivity contribution in [3.8, 4) is 16.9 Å². The van der Waals surface area contributed by atoms with Crippen LogP contribution in [0.25, 0.3) is 27.8 Å². The number of para-hydroxylation sites is 1. The summed E-state index contributed by atoms with van der Waals surface area (Å²) in [6.07, 6.45) is 8.77. The van der Waals surface area contributed by atoms with Crippen LogP contribution in [0.4, 0.5) is 5.69 Å².